The van der Waals surface area contributed by atoms with Crippen molar-refractivity contribution in [2.45, 2.75) is 29.7 Å². The minimum atomic E-state index is -1.11. The van der Waals surface area contributed by atoms with E-state index in [2.05, 4.69) is 15.2 Å². The standard InChI is InChI=1S/C20H13F4N5O2S/c21-10-3-14(22)13(15(23)4-10)8-32-20-27-29-17(12(7-26-29)9-1-2-9)19(31)28(20)11-5-16(24)18(30)25-6-11/h3-7,9H,1-2,8H2,(H,25,30). The lowest BCUT2D eigenvalue weighted by molar-refractivity contribution is 0.531. The maximum absolute atomic E-state index is 14.1. The molecule has 1 aliphatic rings. The van der Waals surface area contributed by atoms with Gasteiger partial charge in [0.25, 0.3) is 11.1 Å². The van der Waals surface area contributed by atoms with Gasteiger partial charge in [0.2, 0.25) is 0 Å². The second-order valence-corrected chi connectivity index (χ2v) is 8.25. The summed E-state index contributed by atoms with van der Waals surface area (Å²) in [5.74, 6) is -4.51. The predicted octanol–water partition coefficient (Wildman–Crippen LogP) is 3.29. The van der Waals surface area contributed by atoms with E-state index in [1.807, 2.05) is 0 Å². The molecule has 1 aromatic carbocycles. The molecule has 0 spiro atoms. The minimum Gasteiger partial charge on any atom is -0.324 e. The van der Waals surface area contributed by atoms with E-state index in [0.717, 1.165) is 46.1 Å². The summed E-state index contributed by atoms with van der Waals surface area (Å²) < 4.78 is 57.5. The first-order valence-corrected chi connectivity index (χ1v) is 10.5. The lowest BCUT2D eigenvalue weighted by Crippen LogP contribution is -2.26. The average Bonchev–Trinajstić information content (AvgIpc) is 3.49. The van der Waals surface area contributed by atoms with Crippen LogP contribution in [0.3, 0.4) is 0 Å². The van der Waals surface area contributed by atoms with Gasteiger partial charge in [0.05, 0.1) is 11.9 Å². The Morgan fingerprint density at radius 3 is 2.44 bits per heavy atom. The Bertz CT molecular complexity index is 1470. The molecule has 1 saturated carbocycles. The quantitative estimate of drug-likeness (QED) is 0.363. The van der Waals surface area contributed by atoms with Gasteiger partial charge in [0.1, 0.15) is 17.5 Å². The number of pyridine rings is 1. The molecular formula is C20H13F4N5O2S. The number of nitrogens with zero attached hydrogens (tertiary/aromatic N) is 4. The van der Waals surface area contributed by atoms with Crippen LogP contribution in [0.15, 0.2) is 45.3 Å². The predicted molar refractivity (Wildman–Crippen MR) is 107 cm³/mol. The molecule has 1 N–H and O–H groups in total. The molecule has 0 aliphatic heterocycles. The number of hydrogen-bond acceptors (Lipinski definition) is 5. The molecule has 1 fully saturated rings. The van der Waals surface area contributed by atoms with E-state index in [-0.39, 0.29) is 28.0 Å². The van der Waals surface area contributed by atoms with Crippen molar-refractivity contribution >= 4 is 17.3 Å². The third-order valence-corrected chi connectivity index (χ3v) is 6.08. The van der Waals surface area contributed by atoms with Crippen LogP contribution in [0.2, 0.25) is 0 Å². The van der Waals surface area contributed by atoms with Crippen LogP contribution >= 0.6 is 11.8 Å². The Hall–Kier alpha value is -3.41. The van der Waals surface area contributed by atoms with Crippen LogP contribution in [0.4, 0.5) is 17.6 Å². The molecule has 32 heavy (non-hydrogen) atoms. The zero-order valence-corrected chi connectivity index (χ0v) is 16.9. The highest BCUT2D eigenvalue weighted by Gasteiger charge is 2.30. The van der Waals surface area contributed by atoms with Gasteiger partial charge in [-0.15, -0.1) is 9.73 Å². The van der Waals surface area contributed by atoms with E-state index in [1.165, 1.54) is 6.20 Å². The molecule has 3 aromatic heterocycles. The van der Waals surface area contributed by atoms with E-state index >= 15 is 0 Å². The van der Waals surface area contributed by atoms with Crippen molar-refractivity contribution in [3.63, 3.8) is 0 Å². The summed E-state index contributed by atoms with van der Waals surface area (Å²) in [6, 6.07) is 1.97. The van der Waals surface area contributed by atoms with Gasteiger partial charge in [-0.3, -0.25) is 14.2 Å². The molecule has 0 radical (unpaired) electrons. The van der Waals surface area contributed by atoms with Gasteiger partial charge >= 0.3 is 0 Å². The Labute approximate surface area is 180 Å². The molecule has 0 atom stereocenters. The number of H-pyrrole nitrogens is 1. The Balaban J connectivity index is 1.66. The molecule has 4 aromatic rings. The van der Waals surface area contributed by atoms with Gasteiger partial charge < -0.3 is 4.98 Å². The number of hydrogen-bond donors (Lipinski definition) is 1. The normalized spacial score (nSPS) is 13.8. The first-order valence-electron chi connectivity index (χ1n) is 9.49. The van der Waals surface area contributed by atoms with Crippen LogP contribution in [0, 0.1) is 23.3 Å². The fraction of sp³-hybridized carbons (Fsp3) is 0.200. The number of aromatic amines is 1. The van der Waals surface area contributed by atoms with Crippen molar-refractivity contribution in [1.29, 1.82) is 0 Å². The van der Waals surface area contributed by atoms with Crippen LogP contribution in [-0.4, -0.2) is 24.4 Å². The van der Waals surface area contributed by atoms with Crippen molar-refractivity contribution < 1.29 is 17.6 Å². The van der Waals surface area contributed by atoms with Gasteiger partial charge in [0, 0.05) is 41.3 Å². The summed E-state index contributed by atoms with van der Waals surface area (Å²) in [6.45, 7) is 0. The maximum Gasteiger partial charge on any atom is 0.285 e. The summed E-state index contributed by atoms with van der Waals surface area (Å²) in [4.78, 5) is 27.0. The monoisotopic (exact) mass is 463 g/mol. The Morgan fingerprint density at radius 1 is 1.06 bits per heavy atom. The second-order valence-electron chi connectivity index (χ2n) is 7.31. The highest BCUT2D eigenvalue weighted by molar-refractivity contribution is 7.98. The van der Waals surface area contributed by atoms with Crippen molar-refractivity contribution in [3.05, 3.63) is 85.7 Å². The molecule has 5 rings (SSSR count). The maximum atomic E-state index is 14.1. The third-order valence-electron chi connectivity index (χ3n) is 5.13. The highest BCUT2D eigenvalue weighted by atomic mass is 32.2. The summed E-state index contributed by atoms with van der Waals surface area (Å²) in [7, 11) is 0. The van der Waals surface area contributed by atoms with Gasteiger partial charge in [-0.25, -0.2) is 17.6 Å². The molecule has 0 amide bonds. The van der Waals surface area contributed by atoms with Gasteiger partial charge in [-0.05, 0) is 18.8 Å². The van der Waals surface area contributed by atoms with E-state index in [0.29, 0.717) is 17.7 Å². The molecule has 7 nitrogen and oxygen atoms in total. The summed E-state index contributed by atoms with van der Waals surface area (Å²) >= 11 is 0.776. The average molecular weight is 463 g/mol. The highest BCUT2D eigenvalue weighted by Crippen LogP contribution is 2.41. The number of rotatable bonds is 5. The fourth-order valence-corrected chi connectivity index (χ4v) is 4.39. The van der Waals surface area contributed by atoms with Crippen LogP contribution in [0.5, 0.6) is 0 Å². The van der Waals surface area contributed by atoms with Crippen LogP contribution in [0.25, 0.3) is 11.2 Å². The molecule has 0 saturated heterocycles. The molecule has 0 unspecified atom stereocenters. The van der Waals surface area contributed by atoms with Crippen LogP contribution in [0.1, 0.15) is 29.9 Å². The lowest BCUT2D eigenvalue weighted by Gasteiger charge is -2.13. The first kappa shape index (κ1) is 20.5. The molecule has 12 heteroatoms. The zero-order chi connectivity index (χ0) is 22.6. The van der Waals surface area contributed by atoms with E-state index in [4.69, 9.17) is 0 Å². The van der Waals surface area contributed by atoms with Gasteiger partial charge in [-0.2, -0.15) is 5.10 Å². The zero-order valence-electron chi connectivity index (χ0n) is 16.1. The van der Waals surface area contributed by atoms with E-state index < -0.39 is 40.0 Å². The Kier molecular flexibility index (Phi) is 4.88. The minimum absolute atomic E-state index is 0.0207. The summed E-state index contributed by atoms with van der Waals surface area (Å²) in [5, 5.41) is 8.35. The number of fused-ring (bicyclic) bond motifs is 1. The second kappa shape index (κ2) is 7.62. The van der Waals surface area contributed by atoms with Crippen molar-refractivity contribution in [3.8, 4) is 5.69 Å². The van der Waals surface area contributed by atoms with Gasteiger partial charge in [0.15, 0.2) is 16.5 Å². The molecule has 3 heterocycles. The van der Waals surface area contributed by atoms with Crippen LogP contribution < -0.4 is 11.1 Å². The number of benzene rings is 1. The first-order chi connectivity index (χ1) is 15.3. The number of halogens is 4. The summed E-state index contributed by atoms with van der Waals surface area (Å²) in [5.41, 5.74) is -1.08. The summed E-state index contributed by atoms with van der Waals surface area (Å²) in [6.07, 6.45) is 4.47. The number of thioether (sulfide) groups is 1. The van der Waals surface area contributed by atoms with Crippen molar-refractivity contribution in [1.82, 2.24) is 24.4 Å². The lowest BCUT2D eigenvalue weighted by atomic mass is 10.2. The smallest absolute Gasteiger partial charge is 0.285 e. The van der Waals surface area contributed by atoms with E-state index in [1.54, 1.807) is 0 Å². The largest absolute Gasteiger partial charge is 0.324 e. The van der Waals surface area contributed by atoms with Crippen LogP contribution in [-0.2, 0) is 5.75 Å². The molecular weight excluding hydrogens is 450 g/mol. The van der Waals surface area contributed by atoms with Crippen molar-refractivity contribution in [2.75, 3.05) is 0 Å². The SMILES string of the molecule is O=c1[nH]cc(-n2c(SCc3c(F)cc(F)cc3F)nn3ncc(C4CC4)c3c2=O)cc1F. The van der Waals surface area contributed by atoms with Crippen molar-refractivity contribution in [2.24, 2.45) is 0 Å². The fourth-order valence-electron chi connectivity index (χ4n) is 3.39. The Morgan fingerprint density at radius 2 is 1.78 bits per heavy atom. The topological polar surface area (TPSA) is 85.1 Å². The molecule has 1 aliphatic carbocycles. The number of nitrogens with one attached hydrogen (secondary N) is 1. The third kappa shape index (κ3) is 3.49. The molecule has 0 bridgehead atoms. The number of aromatic nitrogens is 5. The van der Waals surface area contributed by atoms with E-state index in [9.17, 15) is 27.2 Å². The van der Waals surface area contributed by atoms with Gasteiger partial charge in [-0.1, -0.05) is 11.8 Å². The molecule has 164 valence electrons.